The maximum absolute atomic E-state index is 12.3. The molecule has 142 valence electrons. The molecule has 0 aromatic heterocycles. The topological polar surface area (TPSA) is 67.9 Å². The summed E-state index contributed by atoms with van der Waals surface area (Å²) in [6, 6.07) is 12.5. The molecule has 0 unspecified atom stereocenters. The third-order valence-corrected chi connectivity index (χ3v) is 4.49. The number of benzene rings is 2. The minimum absolute atomic E-state index is 0.0418. The van der Waals surface area contributed by atoms with Crippen LogP contribution in [-0.2, 0) is 4.79 Å². The van der Waals surface area contributed by atoms with Crippen molar-refractivity contribution >= 4 is 17.5 Å². The number of carbonyl (C=O) groups excluding carboxylic acids is 2. The number of hydrogen-bond acceptors (Lipinski definition) is 4. The van der Waals surface area contributed by atoms with Gasteiger partial charge in [0.1, 0.15) is 0 Å². The van der Waals surface area contributed by atoms with Crippen LogP contribution < -0.4 is 14.8 Å². The summed E-state index contributed by atoms with van der Waals surface area (Å²) in [6.07, 6.45) is 2.12. The first-order valence-corrected chi connectivity index (χ1v) is 9.03. The van der Waals surface area contributed by atoms with Crippen molar-refractivity contribution in [2.24, 2.45) is 0 Å². The van der Waals surface area contributed by atoms with Crippen molar-refractivity contribution < 1.29 is 19.1 Å². The molecule has 6 heteroatoms. The van der Waals surface area contributed by atoms with Crippen LogP contribution in [0.1, 0.15) is 28.8 Å². The van der Waals surface area contributed by atoms with E-state index >= 15 is 0 Å². The van der Waals surface area contributed by atoms with Gasteiger partial charge in [0.25, 0.3) is 11.8 Å². The highest BCUT2D eigenvalue weighted by Crippen LogP contribution is 2.27. The number of likely N-dealkylation sites (tertiary alicyclic amines) is 1. The maximum atomic E-state index is 12.3. The number of carbonyl (C=O) groups is 2. The number of ether oxygens (including phenoxy) is 2. The molecule has 1 aliphatic rings. The summed E-state index contributed by atoms with van der Waals surface area (Å²) in [6.45, 7) is 3.46. The van der Waals surface area contributed by atoms with Crippen LogP contribution in [-0.4, -0.2) is 43.5 Å². The summed E-state index contributed by atoms with van der Waals surface area (Å²) in [5.41, 5.74) is 2.31. The molecule has 1 aliphatic heterocycles. The van der Waals surface area contributed by atoms with Gasteiger partial charge in [-0.15, -0.1) is 0 Å². The Morgan fingerprint density at radius 3 is 2.41 bits per heavy atom. The molecule has 2 aromatic carbocycles. The predicted octanol–water partition coefficient (Wildman–Crippen LogP) is 3.26. The van der Waals surface area contributed by atoms with Gasteiger partial charge in [0.2, 0.25) is 0 Å². The molecule has 1 N–H and O–H groups in total. The van der Waals surface area contributed by atoms with Crippen LogP contribution in [0, 0.1) is 6.92 Å². The normalized spacial score (nSPS) is 13.3. The quantitative estimate of drug-likeness (QED) is 0.850. The van der Waals surface area contributed by atoms with Gasteiger partial charge in [-0.1, -0.05) is 6.07 Å². The third-order valence-electron chi connectivity index (χ3n) is 4.49. The second kappa shape index (κ2) is 8.58. The smallest absolute Gasteiger partial charge is 0.262 e. The number of anilines is 1. The summed E-state index contributed by atoms with van der Waals surface area (Å²) in [4.78, 5) is 26.3. The lowest BCUT2D eigenvalue weighted by atomic mass is 10.2. The lowest BCUT2D eigenvalue weighted by molar-refractivity contribution is -0.118. The fraction of sp³-hybridized carbons (Fsp3) is 0.333. The number of nitrogens with zero attached hydrogens (tertiary/aromatic N) is 1. The Hall–Kier alpha value is -3.02. The first kappa shape index (κ1) is 18.8. The zero-order valence-electron chi connectivity index (χ0n) is 15.7. The van der Waals surface area contributed by atoms with Crippen LogP contribution in [0.15, 0.2) is 42.5 Å². The van der Waals surface area contributed by atoms with E-state index in [9.17, 15) is 9.59 Å². The van der Waals surface area contributed by atoms with Crippen LogP contribution in [0.4, 0.5) is 5.69 Å². The second-order valence-corrected chi connectivity index (χ2v) is 6.57. The third kappa shape index (κ3) is 4.78. The van der Waals surface area contributed by atoms with Crippen molar-refractivity contribution in [1.29, 1.82) is 0 Å². The molecule has 2 amide bonds. The van der Waals surface area contributed by atoms with Crippen LogP contribution >= 0.6 is 0 Å². The Balaban J connectivity index is 1.54. The van der Waals surface area contributed by atoms with E-state index in [-0.39, 0.29) is 18.4 Å². The van der Waals surface area contributed by atoms with Crippen molar-refractivity contribution in [3.8, 4) is 11.5 Å². The van der Waals surface area contributed by atoms with E-state index in [1.807, 2.05) is 24.0 Å². The lowest BCUT2D eigenvalue weighted by Crippen LogP contribution is -2.27. The first-order chi connectivity index (χ1) is 13.1. The standard InChI is InChI=1S/C21H24N2O4/c1-15-5-10-18(19(13-15)26-2)27-14-20(24)22-17-8-6-16(7-9-17)21(25)23-11-3-4-12-23/h5-10,13H,3-4,11-12,14H2,1-2H3,(H,22,24). The Bertz CT molecular complexity index is 811. The minimum atomic E-state index is -0.281. The van der Waals surface area contributed by atoms with Gasteiger partial charge in [-0.2, -0.15) is 0 Å². The van der Waals surface area contributed by atoms with E-state index in [2.05, 4.69) is 5.32 Å². The molecular weight excluding hydrogens is 344 g/mol. The van der Waals surface area contributed by atoms with Gasteiger partial charge in [0, 0.05) is 24.3 Å². The number of rotatable bonds is 6. The maximum Gasteiger partial charge on any atom is 0.262 e. The average molecular weight is 368 g/mol. The number of hydrogen-bond donors (Lipinski definition) is 1. The van der Waals surface area contributed by atoms with Crippen molar-refractivity contribution in [2.75, 3.05) is 32.1 Å². The van der Waals surface area contributed by atoms with Gasteiger partial charge in [-0.05, 0) is 61.7 Å². The molecule has 1 heterocycles. The van der Waals surface area contributed by atoms with E-state index in [4.69, 9.17) is 9.47 Å². The SMILES string of the molecule is COc1cc(C)ccc1OCC(=O)Nc1ccc(C(=O)N2CCCC2)cc1. The Kier molecular flexibility index (Phi) is 5.96. The lowest BCUT2D eigenvalue weighted by Gasteiger charge is -2.15. The molecule has 1 fully saturated rings. The fourth-order valence-electron chi connectivity index (χ4n) is 3.03. The molecule has 0 bridgehead atoms. The van der Waals surface area contributed by atoms with E-state index in [0.717, 1.165) is 31.5 Å². The molecule has 0 spiro atoms. The zero-order chi connectivity index (χ0) is 19.2. The van der Waals surface area contributed by atoms with Crippen LogP contribution in [0.25, 0.3) is 0 Å². The van der Waals surface area contributed by atoms with Crippen LogP contribution in [0.3, 0.4) is 0 Å². The number of nitrogens with one attached hydrogen (secondary N) is 1. The number of amides is 2. The van der Waals surface area contributed by atoms with Crippen LogP contribution in [0.2, 0.25) is 0 Å². The van der Waals surface area contributed by atoms with Crippen molar-refractivity contribution in [2.45, 2.75) is 19.8 Å². The second-order valence-electron chi connectivity index (χ2n) is 6.57. The van der Waals surface area contributed by atoms with Gasteiger partial charge in [0.05, 0.1) is 7.11 Å². The predicted molar refractivity (Wildman–Crippen MR) is 103 cm³/mol. The highest BCUT2D eigenvalue weighted by molar-refractivity contribution is 5.96. The molecule has 0 radical (unpaired) electrons. The van der Waals surface area contributed by atoms with Crippen LogP contribution in [0.5, 0.6) is 11.5 Å². The Morgan fingerprint density at radius 1 is 1.04 bits per heavy atom. The van der Waals surface area contributed by atoms with E-state index in [1.165, 1.54) is 0 Å². The molecule has 0 atom stereocenters. The molecular formula is C21H24N2O4. The fourth-order valence-corrected chi connectivity index (χ4v) is 3.03. The molecule has 2 aromatic rings. The largest absolute Gasteiger partial charge is 0.493 e. The molecule has 1 saturated heterocycles. The van der Waals surface area contributed by atoms with Crippen molar-refractivity contribution in [1.82, 2.24) is 4.90 Å². The molecule has 0 aliphatic carbocycles. The highest BCUT2D eigenvalue weighted by Gasteiger charge is 2.19. The van der Waals surface area contributed by atoms with Gasteiger partial charge >= 0.3 is 0 Å². The number of methoxy groups -OCH3 is 1. The summed E-state index contributed by atoms with van der Waals surface area (Å²) in [5, 5.41) is 2.77. The number of aryl methyl sites for hydroxylation is 1. The molecule has 3 rings (SSSR count). The summed E-state index contributed by atoms with van der Waals surface area (Å²) in [5.74, 6) is 0.869. The monoisotopic (exact) mass is 368 g/mol. The van der Waals surface area contributed by atoms with Gasteiger partial charge in [-0.25, -0.2) is 0 Å². The zero-order valence-corrected chi connectivity index (χ0v) is 15.7. The van der Waals surface area contributed by atoms with E-state index in [0.29, 0.717) is 22.7 Å². The summed E-state index contributed by atoms with van der Waals surface area (Å²) in [7, 11) is 1.56. The highest BCUT2D eigenvalue weighted by atomic mass is 16.5. The Labute approximate surface area is 159 Å². The molecule has 0 saturated carbocycles. The van der Waals surface area contributed by atoms with Crippen molar-refractivity contribution in [3.05, 3.63) is 53.6 Å². The summed E-state index contributed by atoms with van der Waals surface area (Å²) >= 11 is 0. The van der Waals surface area contributed by atoms with Gasteiger partial charge in [-0.3, -0.25) is 9.59 Å². The van der Waals surface area contributed by atoms with E-state index in [1.54, 1.807) is 37.4 Å². The van der Waals surface area contributed by atoms with Crippen molar-refractivity contribution in [3.63, 3.8) is 0 Å². The van der Waals surface area contributed by atoms with Gasteiger partial charge in [0.15, 0.2) is 18.1 Å². The molecule has 6 nitrogen and oxygen atoms in total. The van der Waals surface area contributed by atoms with Gasteiger partial charge < -0.3 is 19.7 Å². The Morgan fingerprint density at radius 2 is 1.74 bits per heavy atom. The minimum Gasteiger partial charge on any atom is -0.493 e. The van der Waals surface area contributed by atoms with E-state index < -0.39 is 0 Å². The average Bonchev–Trinajstić information content (AvgIpc) is 3.21. The summed E-state index contributed by atoms with van der Waals surface area (Å²) < 4.78 is 10.8. The molecule has 27 heavy (non-hydrogen) atoms. The first-order valence-electron chi connectivity index (χ1n) is 9.03.